The number of aryl methyl sites for hydroxylation is 1. The molecule has 0 aliphatic carbocycles. The van der Waals surface area contributed by atoms with Gasteiger partial charge in [0.15, 0.2) is 5.16 Å². The number of carbonyl (C=O) groups excluding carboxylic acids is 1. The van der Waals surface area contributed by atoms with E-state index in [1.165, 1.54) is 16.7 Å². The third kappa shape index (κ3) is 4.64. The molecule has 3 rings (SSSR count). The fraction of sp³-hybridized carbons (Fsp3) is 0.316. The van der Waals surface area contributed by atoms with Crippen molar-refractivity contribution >= 4 is 34.4 Å². The average molecular weight is 424 g/mol. The second-order valence-electron chi connectivity index (χ2n) is 6.79. The van der Waals surface area contributed by atoms with Crippen molar-refractivity contribution in [1.29, 1.82) is 0 Å². The van der Waals surface area contributed by atoms with Crippen LogP contribution in [0.5, 0.6) is 0 Å². The molecule has 29 heavy (non-hydrogen) atoms. The lowest BCUT2D eigenvalue weighted by Crippen LogP contribution is -2.25. The summed E-state index contributed by atoms with van der Waals surface area (Å²) in [5, 5.41) is 2.95. The van der Waals surface area contributed by atoms with E-state index in [0.29, 0.717) is 16.2 Å². The molecule has 0 fully saturated rings. The summed E-state index contributed by atoms with van der Waals surface area (Å²) in [4.78, 5) is 32.4. The van der Waals surface area contributed by atoms with E-state index >= 15 is 0 Å². The molecule has 0 atom stereocenters. The number of rotatable bonds is 5. The molecule has 0 spiro atoms. The highest BCUT2D eigenvalue weighted by Gasteiger charge is 2.30. The Balaban J connectivity index is 1.75. The number of fused-ring (bicyclic) bond motifs is 1. The van der Waals surface area contributed by atoms with Gasteiger partial charge in [-0.25, -0.2) is 4.98 Å². The molecule has 10 heteroatoms. The summed E-state index contributed by atoms with van der Waals surface area (Å²) in [7, 11) is 0. The maximum absolute atomic E-state index is 12.7. The maximum Gasteiger partial charge on any atom is 0.416 e. The lowest BCUT2D eigenvalue weighted by atomic mass is 10.2. The molecule has 0 unspecified atom stereocenters. The molecule has 3 aromatic rings. The minimum absolute atomic E-state index is 0.0465. The van der Waals surface area contributed by atoms with Gasteiger partial charge >= 0.3 is 6.18 Å². The molecule has 0 aliphatic heterocycles. The number of nitrogens with zero attached hydrogens (tertiary/aromatic N) is 2. The fourth-order valence-corrected chi connectivity index (χ4v) is 3.74. The van der Waals surface area contributed by atoms with Gasteiger partial charge in [0.1, 0.15) is 5.52 Å². The van der Waals surface area contributed by atoms with Gasteiger partial charge in [0, 0.05) is 17.4 Å². The molecule has 0 saturated carbocycles. The molecule has 154 valence electrons. The van der Waals surface area contributed by atoms with Crippen LogP contribution in [0.25, 0.3) is 11.0 Å². The van der Waals surface area contributed by atoms with Gasteiger partial charge in [-0.05, 0) is 51.1 Å². The number of nitrogens with one attached hydrogen (secondary N) is 2. The van der Waals surface area contributed by atoms with Crippen molar-refractivity contribution in [1.82, 2.24) is 14.5 Å². The summed E-state index contributed by atoms with van der Waals surface area (Å²) in [5.41, 5.74) is 0.996. The number of H-pyrrole nitrogens is 1. The minimum atomic E-state index is -4.43. The van der Waals surface area contributed by atoms with Crippen LogP contribution in [0.2, 0.25) is 0 Å². The smallest absolute Gasteiger partial charge is 0.353 e. The highest BCUT2D eigenvalue weighted by Crippen LogP contribution is 2.30. The first-order valence-corrected chi connectivity index (χ1v) is 9.76. The number of anilines is 1. The van der Waals surface area contributed by atoms with E-state index in [0.717, 1.165) is 29.6 Å². The molecule has 2 aromatic heterocycles. The minimum Gasteiger partial charge on any atom is -0.353 e. The Kier molecular flexibility index (Phi) is 5.74. The van der Waals surface area contributed by atoms with Gasteiger partial charge < -0.3 is 10.3 Å². The first-order valence-electron chi connectivity index (χ1n) is 8.78. The predicted molar refractivity (Wildman–Crippen MR) is 106 cm³/mol. The number of hydrogen-bond acceptors (Lipinski definition) is 4. The monoisotopic (exact) mass is 424 g/mol. The van der Waals surface area contributed by atoms with Crippen LogP contribution in [-0.2, 0) is 11.0 Å². The van der Waals surface area contributed by atoms with Crippen molar-refractivity contribution < 1.29 is 18.0 Å². The Labute approximate surface area is 168 Å². The van der Waals surface area contributed by atoms with Crippen LogP contribution in [0.1, 0.15) is 31.1 Å². The van der Waals surface area contributed by atoms with Crippen LogP contribution in [0.15, 0.2) is 40.3 Å². The topological polar surface area (TPSA) is 79.8 Å². The Morgan fingerprint density at radius 1 is 1.28 bits per heavy atom. The van der Waals surface area contributed by atoms with E-state index in [1.54, 1.807) is 6.07 Å². The molecule has 1 amide bonds. The number of carbonyl (C=O) groups is 1. The lowest BCUT2D eigenvalue weighted by molar-refractivity contribution is -0.137. The Morgan fingerprint density at radius 2 is 1.93 bits per heavy atom. The van der Waals surface area contributed by atoms with Gasteiger partial charge in [0.05, 0.1) is 16.8 Å². The molecule has 0 bridgehead atoms. The van der Waals surface area contributed by atoms with Crippen molar-refractivity contribution in [3.8, 4) is 0 Å². The second-order valence-corrected chi connectivity index (χ2v) is 7.73. The zero-order chi connectivity index (χ0) is 21.3. The van der Waals surface area contributed by atoms with Crippen LogP contribution < -0.4 is 10.9 Å². The molecule has 2 N–H and O–H groups in total. The zero-order valence-electron chi connectivity index (χ0n) is 15.9. The van der Waals surface area contributed by atoms with Gasteiger partial charge in [-0.2, -0.15) is 13.2 Å². The fourth-order valence-electron chi connectivity index (χ4n) is 2.82. The molecule has 1 aromatic carbocycles. The van der Waals surface area contributed by atoms with Crippen LogP contribution in [-0.4, -0.2) is 26.2 Å². The average Bonchev–Trinajstić information content (AvgIpc) is 3.00. The van der Waals surface area contributed by atoms with E-state index in [4.69, 9.17) is 0 Å². The summed E-state index contributed by atoms with van der Waals surface area (Å²) < 4.78 is 39.3. The van der Waals surface area contributed by atoms with Crippen molar-refractivity contribution in [3.63, 3.8) is 0 Å². The van der Waals surface area contributed by atoms with Gasteiger partial charge in [-0.3, -0.25) is 14.2 Å². The summed E-state index contributed by atoms with van der Waals surface area (Å²) in [6.07, 6.45) is -4.43. The summed E-state index contributed by atoms with van der Waals surface area (Å²) in [5.74, 6) is -0.459. The van der Waals surface area contributed by atoms with Gasteiger partial charge in [0.2, 0.25) is 5.91 Å². The van der Waals surface area contributed by atoms with Crippen molar-refractivity contribution in [2.75, 3.05) is 11.1 Å². The van der Waals surface area contributed by atoms with Gasteiger partial charge in [0.25, 0.3) is 5.56 Å². The van der Waals surface area contributed by atoms with E-state index in [1.807, 2.05) is 20.8 Å². The van der Waals surface area contributed by atoms with Gasteiger partial charge in [-0.15, -0.1) is 0 Å². The number of aromatic amines is 1. The number of amides is 1. The van der Waals surface area contributed by atoms with Crippen molar-refractivity contribution in [2.24, 2.45) is 0 Å². The van der Waals surface area contributed by atoms with Crippen LogP contribution in [0.4, 0.5) is 18.9 Å². The van der Waals surface area contributed by atoms with E-state index in [9.17, 15) is 22.8 Å². The molecule has 0 saturated heterocycles. The lowest BCUT2D eigenvalue weighted by Gasteiger charge is -2.15. The summed E-state index contributed by atoms with van der Waals surface area (Å²) in [6.45, 7) is 5.51. The Morgan fingerprint density at radius 3 is 2.52 bits per heavy atom. The molecule has 2 heterocycles. The van der Waals surface area contributed by atoms with Crippen molar-refractivity contribution in [3.05, 3.63) is 51.9 Å². The number of benzene rings is 1. The van der Waals surface area contributed by atoms with E-state index in [-0.39, 0.29) is 23.0 Å². The highest BCUT2D eigenvalue weighted by molar-refractivity contribution is 7.99. The number of thioether (sulfide) groups is 1. The summed E-state index contributed by atoms with van der Waals surface area (Å²) >= 11 is 1.09. The molecular formula is C19H19F3N4O2S. The molecule has 0 aliphatic rings. The van der Waals surface area contributed by atoms with Crippen LogP contribution in [0.3, 0.4) is 0 Å². The van der Waals surface area contributed by atoms with E-state index < -0.39 is 17.6 Å². The number of alkyl halides is 3. The molecular weight excluding hydrogens is 405 g/mol. The van der Waals surface area contributed by atoms with Crippen LogP contribution >= 0.6 is 11.8 Å². The third-order valence-corrected chi connectivity index (χ3v) is 5.08. The van der Waals surface area contributed by atoms with Gasteiger partial charge in [-0.1, -0.05) is 11.8 Å². The number of halogens is 3. The largest absolute Gasteiger partial charge is 0.416 e. The maximum atomic E-state index is 12.7. The third-order valence-electron chi connectivity index (χ3n) is 4.13. The van der Waals surface area contributed by atoms with E-state index in [2.05, 4.69) is 15.3 Å². The first-order chi connectivity index (χ1) is 13.6. The number of aromatic nitrogens is 3. The Bertz CT molecular complexity index is 1100. The quantitative estimate of drug-likeness (QED) is 0.471. The number of hydrogen-bond donors (Lipinski definition) is 2. The Hall–Kier alpha value is -2.75. The second kappa shape index (κ2) is 7.94. The zero-order valence-corrected chi connectivity index (χ0v) is 16.7. The standard InChI is InChI=1S/C19H19F3N4O2S/c1-10(2)26-17(28)16-14(8-11(3)23-16)25-18(26)29-9-15(27)24-13-6-4-12(5-7-13)19(20,21)22/h4-8,10,23H,9H2,1-3H3,(H,24,27). The normalized spacial score (nSPS) is 12.0. The summed E-state index contributed by atoms with van der Waals surface area (Å²) in [6, 6.07) is 5.80. The first kappa shape index (κ1) is 21.0. The highest BCUT2D eigenvalue weighted by atomic mass is 32.2. The predicted octanol–water partition coefficient (Wildman–Crippen LogP) is 4.36. The molecule has 0 radical (unpaired) electrons. The SMILES string of the molecule is Cc1cc2nc(SCC(=O)Nc3ccc(C(F)(F)F)cc3)n(C(C)C)c(=O)c2[nH]1. The van der Waals surface area contributed by atoms with Crippen LogP contribution in [0, 0.1) is 6.92 Å². The van der Waals surface area contributed by atoms with Crippen molar-refractivity contribution in [2.45, 2.75) is 38.1 Å². The molecule has 6 nitrogen and oxygen atoms in total.